The second-order valence-electron chi connectivity index (χ2n) is 3.67. The van der Waals surface area contributed by atoms with Gasteiger partial charge in [0.1, 0.15) is 6.33 Å². The fraction of sp³-hybridized carbons (Fsp3) is 0.250. The largest absolute Gasteiger partial charge is 0.292 e. The second-order valence-corrected chi connectivity index (χ2v) is 3.67. The molecule has 1 fully saturated rings. The predicted octanol–water partition coefficient (Wildman–Crippen LogP) is 0.983. The lowest BCUT2D eigenvalue weighted by atomic mass is 10.2. The van der Waals surface area contributed by atoms with Gasteiger partial charge in [-0.2, -0.15) is 0 Å². The molecule has 0 spiro atoms. The number of hydrogen-bond donors (Lipinski definition) is 1. The van der Waals surface area contributed by atoms with E-state index in [-0.39, 0.29) is 0 Å². The molecule has 1 aromatic carbocycles. The Kier molecular flexibility index (Phi) is 3.99. The molecule has 1 amide bonds. The average Bonchev–Trinajstić information content (AvgIpc) is 2.35. The first kappa shape index (κ1) is 11.5. The summed E-state index contributed by atoms with van der Waals surface area (Å²) in [6, 6.07) is 7.91. The SMILES string of the molecule is O=CNN1CCC1.c1ccc2ncncc2c1. The van der Waals surface area contributed by atoms with Gasteiger partial charge in [-0.25, -0.2) is 15.0 Å². The highest BCUT2D eigenvalue weighted by atomic mass is 16.1. The summed E-state index contributed by atoms with van der Waals surface area (Å²) >= 11 is 0. The number of para-hydroxylation sites is 1. The normalized spacial score (nSPS) is 14.4. The second kappa shape index (κ2) is 5.91. The van der Waals surface area contributed by atoms with Crippen molar-refractivity contribution in [2.75, 3.05) is 13.1 Å². The third-order valence-corrected chi connectivity index (χ3v) is 2.51. The molecule has 0 unspecified atom stereocenters. The molecule has 17 heavy (non-hydrogen) atoms. The van der Waals surface area contributed by atoms with Gasteiger partial charge in [-0.15, -0.1) is 0 Å². The summed E-state index contributed by atoms with van der Waals surface area (Å²) in [7, 11) is 0. The number of rotatable bonds is 2. The molecule has 0 radical (unpaired) electrons. The van der Waals surface area contributed by atoms with Crippen LogP contribution in [0, 0.1) is 0 Å². The molecular weight excluding hydrogens is 216 g/mol. The van der Waals surface area contributed by atoms with Crippen LogP contribution in [0.3, 0.4) is 0 Å². The van der Waals surface area contributed by atoms with Gasteiger partial charge in [0, 0.05) is 24.7 Å². The van der Waals surface area contributed by atoms with Gasteiger partial charge >= 0.3 is 0 Å². The molecule has 0 aliphatic carbocycles. The van der Waals surface area contributed by atoms with Gasteiger partial charge in [0.05, 0.1) is 5.52 Å². The van der Waals surface area contributed by atoms with Crippen molar-refractivity contribution >= 4 is 17.3 Å². The molecule has 1 aliphatic heterocycles. The number of carbonyl (C=O) groups is 1. The van der Waals surface area contributed by atoms with E-state index in [1.54, 1.807) is 6.33 Å². The maximum Gasteiger partial charge on any atom is 0.221 e. The minimum atomic E-state index is 0.708. The Morgan fingerprint density at radius 1 is 1.29 bits per heavy atom. The van der Waals surface area contributed by atoms with Gasteiger partial charge in [0.15, 0.2) is 0 Å². The van der Waals surface area contributed by atoms with E-state index in [0.717, 1.165) is 24.0 Å². The van der Waals surface area contributed by atoms with E-state index in [9.17, 15) is 4.79 Å². The van der Waals surface area contributed by atoms with E-state index in [1.165, 1.54) is 6.42 Å². The van der Waals surface area contributed by atoms with Crippen LogP contribution in [0.4, 0.5) is 0 Å². The summed E-state index contributed by atoms with van der Waals surface area (Å²) in [5.41, 5.74) is 3.53. The highest BCUT2D eigenvalue weighted by molar-refractivity contribution is 5.76. The first-order valence-electron chi connectivity index (χ1n) is 5.49. The molecule has 5 heteroatoms. The number of carbonyl (C=O) groups excluding carboxylic acids is 1. The zero-order valence-electron chi connectivity index (χ0n) is 9.41. The van der Waals surface area contributed by atoms with Crippen LogP contribution in [0.15, 0.2) is 36.8 Å². The zero-order chi connectivity index (χ0) is 11.9. The van der Waals surface area contributed by atoms with E-state index in [1.807, 2.05) is 35.5 Å². The zero-order valence-corrected chi connectivity index (χ0v) is 9.41. The summed E-state index contributed by atoms with van der Waals surface area (Å²) in [5, 5.41) is 2.96. The maximum atomic E-state index is 9.66. The van der Waals surface area contributed by atoms with Crippen LogP contribution in [0.5, 0.6) is 0 Å². The average molecular weight is 230 g/mol. The fourth-order valence-corrected chi connectivity index (χ4v) is 1.44. The smallest absolute Gasteiger partial charge is 0.221 e. The minimum Gasteiger partial charge on any atom is -0.292 e. The summed E-state index contributed by atoms with van der Waals surface area (Å²) in [4.78, 5) is 17.6. The fourth-order valence-electron chi connectivity index (χ4n) is 1.44. The Morgan fingerprint density at radius 3 is 2.71 bits per heavy atom. The number of hydrogen-bond acceptors (Lipinski definition) is 4. The van der Waals surface area contributed by atoms with Crippen LogP contribution in [0.2, 0.25) is 0 Å². The maximum absolute atomic E-state index is 9.66. The van der Waals surface area contributed by atoms with Crippen LogP contribution in [-0.4, -0.2) is 34.5 Å². The Bertz CT molecular complexity index is 419. The van der Waals surface area contributed by atoms with Gasteiger partial charge in [-0.1, -0.05) is 18.2 Å². The van der Waals surface area contributed by atoms with E-state index >= 15 is 0 Å². The van der Waals surface area contributed by atoms with Crippen molar-refractivity contribution in [2.45, 2.75) is 6.42 Å². The predicted molar refractivity (Wildman–Crippen MR) is 64.9 cm³/mol. The molecular formula is C12H14N4O. The first-order valence-corrected chi connectivity index (χ1v) is 5.49. The Labute approximate surface area is 99.5 Å². The van der Waals surface area contributed by atoms with Gasteiger partial charge in [-0.05, 0) is 12.5 Å². The van der Waals surface area contributed by atoms with Crippen LogP contribution in [0.25, 0.3) is 10.9 Å². The number of amides is 1. The molecule has 2 aromatic rings. The molecule has 0 saturated carbocycles. The van der Waals surface area contributed by atoms with Crippen LogP contribution in [-0.2, 0) is 4.79 Å². The summed E-state index contributed by atoms with van der Waals surface area (Å²) < 4.78 is 0. The quantitative estimate of drug-likeness (QED) is 0.781. The Hall–Kier alpha value is -2.01. The Morgan fingerprint density at radius 2 is 2.12 bits per heavy atom. The third-order valence-electron chi connectivity index (χ3n) is 2.51. The Balaban J connectivity index is 0.000000136. The molecule has 1 aliphatic rings. The van der Waals surface area contributed by atoms with Gasteiger partial charge < -0.3 is 0 Å². The molecule has 0 bridgehead atoms. The van der Waals surface area contributed by atoms with Crippen LogP contribution >= 0.6 is 0 Å². The molecule has 88 valence electrons. The van der Waals surface area contributed by atoms with Crippen molar-refractivity contribution in [3.63, 3.8) is 0 Å². The number of hydrazine groups is 1. The monoisotopic (exact) mass is 230 g/mol. The lowest BCUT2D eigenvalue weighted by molar-refractivity contribution is -0.115. The highest BCUT2D eigenvalue weighted by Crippen LogP contribution is 2.06. The number of benzene rings is 1. The van der Waals surface area contributed by atoms with E-state index in [0.29, 0.717) is 6.41 Å². The molecule has 0 atom stereocenters. The van der Waals surface area contributed by atoms with E-state index in [4.69, 9.17) is 0 Å². The minimum absolute atomic E-state index is 0.708. The van der Waals surface area contributed by atoms with Gasteiger partial charge in [-0.3, -0.25) is 10.2 Å². The standard InChI is InChI=1S/C8H6N2.C4H8N2O/c1-2-4-8-7(3-1)5-9-6-10-8;7-4-5-6-2-1-3-6/h1-6H;4H,1-3H2,(H,5,7). The summed E-state index contributed by atoms with van der Waals surface area (Å²) in [6.07, 6.45) is 5.28. The number of nitrogens with one attached hydrogen (secondary N) is 1. The van der Waals surface area contributed by atoms with Crippen molar-refractivity contribution < 1.29 is 4.79 Å². The molecule has 1 aromatic heterocycles. The molecule has 1 saturated heterocycles. The lowest BCUT2D eigenvalue weighted by Crippen LogP contribution is -2.46. The van der Waals surface area contributed by atoms with E-state index in [2.05, 4.69) is 15.4 Å². The van der Waals surface area contributed by atoms with Gasteiger partial charge in [0.2, 0.25) is 6.41 Å². The molecule has 5 nitrogen and oxygen atoms in total. The number of nitrogens with zero attached hydrogens (tertiary/aromatic N) is 3. The van der Waals surface area contributed by atoms with Crippen molar-refractivity contribution in [3.05, 3.63) is 36.8 Å². The topological polar surface area (TPSA) is 58.1 Å². The lowest BCUT2D eigenvalue weighted by Gasteiger charge is -2.28. The van der Waals surface area contributed by atoms with Crippen molar-refractivity contribution in [3.8, 4) is 0 Å². The van der Waals surface area contributed by atoms with Crippen molar-refractivity contribution in [2.24, 2.45) is 0 Å². The molecule has 3 rings (SSSR count). The number of fused-ring (bicyclic) bond motifs is 1. The van der Waals surface area contributed by atoms with Crippen LogP contribution < -0.4 is 5.43 Å². The van der Waals surface area contributed by atoms with E-state index < -0.39 is 0 Å². The van der Waals surface area contributed by atoms with Crippen molar-refractivity contribution in [1.29, 1.82) is 0 Å². The van der Waals surface area contributed by atoms with Crippen molar-refractivity contribution in [1.82, 2.24) is 20.4 Å². The van der Waals surface area contributed by atoms with Gasteiger partial charge in [0.25, 0.3) is 0 Å². The summed E-state index contributed by atoms with van der Waals surface area (Å²) in [6.45, 7) is 2.03. The molecule has 1 N–H and O–H groups in total. The number of aromatic nitrogens is 2. The molecule has 2 heterocycles. The third kappa shape index (κ3) is 3.22. The first-order chi connectivity index (χ1) is 8.40. The summed E-state index contributed by atoms with van der Waals surface area (Å²) in [5.74, 6) is 0. The highest BCUT2D eigenvalue weighted by Gasteiger charge is 2.10. The van der Waals surface area contributed by atoms with Crippen LogP contribution in [0.1, 0.15) is 6.42 Å².